The van der Waals surface area contributed by atoms with E-state index in [0.717, 1.165) is 12.2 Å². The Bertz CT molecular complexity index is 305. The van der Waals surface area contributed by atoms with Crippen molar-refractivity contribution in [3.8, 4) is 0 Å². The second-order valence-corrected chi connectivity index (χ2v) is 6.74. The topological polar surface area (TPSA) is 51.2 Å². The number of hydrazine groups is 1. The van der Waals surface area contributed by atoms with Crippen molar-refractivity contribution in [2.45, 2.75) is 29.9 Å². The van der Waals surface area contributed by atoms with Crippen LogP contribution in [0.1, 0.15) is 12.7 Å². The maximum absolute atomic E-state index is 5.67. The molecule has 0 spiro atoms. The van der Waals surface area contributed by atoms with Crippen molar-refractivity contribution in [1.29, 1.82) is 0 Å². The summed E-state index contributed by atoms with van der Waals surface area (Å²) in [6.45, 7) is 2.29. The van der Waals surface area contributed by atoms with Crippen molar-refractivity contribution >= 4 is 23.5 Å². The average Bonchev–Trinajstić information content (AvgIpc) is 2.80. The highest BCUT2D eigenvalue weighted by Crippen LogP contribution is 2.33. The van der Waals surface area contributed by atoms with E-state index in [0.29, 0.717) is 16.5 Å². The molecule has 0 radical (unpaired) electrons. The van der Waals surface area contributed by atoms with Crippen molar-refractivity contribution in [2.24, 2.45) is 5.84 Å². The van der Waals surface area contributed by atoms with Gasteiger partial charge in [-0.1, -0.05) is 6.92 Å². The summed E-state index contributed by atoms with van der Waals surface area (Å²) in [5.74, 6) is 9.14. The van der Waals surface area contributed by atoms with Gasteiger partial charge in [-0.3, -0.25) is 11.3 Å². The molecule has 1 aromatic heterocycles. The van der Waals surface area contributed by atoms with Crippen LogP contribution < -0.4 is 11.3 Å². The standard InChI is InChI=1S/C11H18N2OS2/c1-8-11(16-6-5-15-8)10(13-12)7-9-3-2-4-14-9/h2-4,8,10-11,13H,5-7,12H2,1H3. The minimum absolute atomic E-state index is 0.291. The van der Waals surface area contributed by atoms with E-state index in [1.165, 1.54) is 11.5 Å². The zero-order chi connectivity index (χ0) is 11.4. The monoisotopic (exact) mass is 258 g/mol. The second kappa shape index (κ2) is 6.00. The van der Waals surface area contributed by atoms with Crippen LogP contribution in [0, 0.1) is 0 Å². The molecule has 0 bridgehead atoms. The van der Waals surface area contributed by atoms with Gasteiger partial charge in [0.25, 0.3) is 0 Å². The quantitative estimate of drug-likeness (QED) is 0.638. The van der Waals surface area contributed by atoms with Crippen LogP contribution in [-0.4, -0.2) is 28.0 Å². The third-order valence-corrected chi connectivity index (χ3v) is 6.10. The Morgan fingerprint density at radius 2 is 2.38 bits per heavy atom. The van der Waals surface area contributed by atoms with Gasteiger partial charge in [0.1, 0.15) is 5.76 Å². The van der Waals surface area contributed by atoms with Gasteiger partial charge in [-0.2, -0.15) is 23.5 Å². The summed E-state index contributed by atoms with van der Waals surface area (Å²) in [7, 11) is 0. The lowest BCUT2D eigenvalue weighted by atomic mass is 10.1. The summed E-state index contributed by atoms with van der Waals surface area (Å²) in [6, 6.07) is 4.23. The number of nitrogens with two attached hydrogens (primary N) is 1. The lowest BCUT2D eigenvalue weighted by molar-refractivity contribution is 0.435. The molecule has 3 unspecified atom stereocenters. The summed E-state index contributed by atoms with van der Waals surface area (Å²) in [6.07, 6.45) is 2.58. The van der Waals surface area contributed by atoms with E-state index >= 15 is 0 Å². The summed E-state index contributed by atoms with van der Waals surface area (Å²) >= 11 is 4.06. The molecule has 0 saturated carbocycles. The molecule has 5 heteroatoms. The SMILES string of the molecule is CC1SCCSC1C(Cc1ccco1)NN. The largest absolute Gasteiger partial charge is 0.469 e. The third-order valence-electron chi connectivity index (χ3n) is 2.85. The smallest absolute Gasteiger partial charge is 0.105 e. The molecule has 0 aliphatic carbocycles. The minimum atomic E-state index is 0.291. The molecular formula is C11H18N2OS2. The Balaban J connectivity index is 1.98. The molecule has 1 fully saturated rings. The van der Waals surface area contributed by atoms with E-state index in [1.807, 2.05) is 35.7 Å². The van der Waals surface area contributed by atoms with Crippen molar-refractivity contribution in [3.05, 3.63) is 24.2 Å². The lowest BCUT2D eigenvalue weighted by Gasteiger charge is -2.33. The fraction of sp³-hybridized carbons (Fsp3) is 0.636. The molecule has 16 heavy (non-hydrogen) atoms. The van der Waals surface area contributed by atoms with Gasteiger partial charge in [0.15, 0.2) is 0 Å². The summed E-state index contributed by atoms with van der Waals surface area (Å²) in [5.41, 5.74) is 2.95. The molecule has 3 atom stereocenters. The highest BCUT2D eigenvalue weighted by molar-refractivity contribution is 8.07. The van der Waals surface area contributed by atoms with Crippen molar-refractivity contribution < 1.29 is 4.42 Å². The molecule has 1 aliphatic heterocycles. The zero-order valence-electron chi connectivity index (χ0n) is 9.39. The van der Waals surface area contributed by atoms with Crippen LogP contribution in [0.15, 0.2) is 22.8 Å². The van der Waals surface area contributed by atoms with Crippen LogP contribution in [0.2, 0.25) is 0 Å². The molecule has 1 aromatic rings. The number of furan rings is 1. The number of hydrogen-bond acceptors (Lipinski definition) is 5. The van der Waals surface area contributed by atoms with Crippen LogP contribution >= 0.6 is 23.5 Å². The molecule has 2 rings (SSSR count). The number of rotatable bonds is 4. The molecular weight excluding hydrogens is 240 g/mol. The molecule has 0 aromatic carbocycles. The number of hydrogen-bond donors (Lipinski definition) is 2. The fourth-order valence-electron chi connectivity index (χ4n) is 2.01. The van der Waals surface area contributed by atoms with Crippen LogP contribution in [0.25, 0.3) is 0 Å². The predicted molar refractivity (Wildman–Crippen MR) is 71.7 cm³/mol. The molecule has 3 N–H and O–H groups in total. The average molecular weight is 258 g/mol. The van der Waals surface area contributed by atoms with E-state index < -0.39 is 0 Å². The molecule has 1 saturated heterocycles. The first kappa shape index (κ1) is 12.4. The van der Waals surface area contributed by atoms with Crippen molar-refractivity contribution in [3.63, 3.8) is 0 Å². The van der Waals surface area contributed by atoms with Gasteiger partial charge in [-0.05, 0) is 12.1 Å². The Morgan fingerprint density at radius 3 is 3.00 bits per heavy atom. The van der Waals surface area contributed by atoms with Gasteiger partial charge < -0.3 is 4.42 Å². The van der Waals surface area contributed by atoms with E-state index in [4.69, 9.17) is 10.3 Å². The van der Waals surface area contributed by atoms with Gasteiger partial charge >= 0.3 is 0 Å². The van der Waals surface area contributed by atoms with Gasteiger partial charge in [0.2, 0.25) is 0 Å². The normalized spacial score (nSPS) is 27.9. The van der Waals surface area contributed by atoms with Crippen molar-refractivity contribution in [2.75, 3.05) is 11.5 Å². The molecule has 90 valence electrons. The van der Waals surface area contributed by atoms with Crippen LogP contribution in [0.5, 0.6) is 0 Å². The van der Waals surface area contributed by atoms with E-state index in [9.17, 15) is 0 Å². The Morgan fingerprint density at radius 1 is 1.56 bits per heavy atom. The third kappa shape index (κ3) is 2.97. The number of thioether (sulfide) groups is 2. The highest BCUT2D eigenvalue weighted by Gasteiger charge is 2.30. The first-order chi connectivity index (χ1) is 7.81. The minimum Gasteiger partial charge on any atom is -0.469 e. The molecule has 2 heterocycles. The maximum Gasteiger partial charge on any atom is 0.105 e. The summed E-state index contributed by atoms with van der Waals surface area (Å²) < 4.78 is 5.38. The van der Waals surface area contributed by atoms with Gasteiger partial charge in [0.05, 0.1) is 6.26 Å². The van der Waals surface area contributed by atoms with Crippen LogP contribution in [-0.2, 0) is 6.42 Å². The highest BCUT2D eigenvalue weighted by atomic mass is 32.2. The second-order valence-electron chi connectivity index (χ2n) is 3.97. The van der Waals surface area contributed by atoms with Gasteiger partial charge in [-0.15, -0.1) is 0 Å². The van der Waals surface area contributed by atoms with Gasteiger partial charge in [0, 0.05) is 34.5 Å². The number of nitrogens with one attached hydrogen (secondary N) is 1. The first-order valence-corrected chi connectivity index (χ1v) is 7.62. The molecule has 3 nitrogen and oxygen atoms in total. The lowest BCUT2D eigenvalue weighted by Crippen LogP contribution is -2.48. The maximum atomic E-state index is 5.67. The Kier molecular flexibility index (Phi) is 4.64. The van der Waals surface area contributed by atoms with Crippen LogP contribution in [0.4, 0.5) is 0 Å². The van der Waals surface area contributed by atoms with Gasteiger partial charge in [-0.25, -0.2) is 0 Å². The summed E-state index contributed by atoms with van der Waals surface area (Å²) in [5, 5.41) is 1.21. The summed E-state index contributed by atoms with van der Waals surface area (Å²) in [4.78, 5) is 0. The Labute approximate surface area is 105 Å². The predicted octanol–water partition coefficient (Wildman–Crippen LogP) is 1.89. The Hall–Kier alpha value is -0.100. The van der Waals surface area contributed by atoms with E-state index in [2.05, 4.69) is 12.3 Å². The van der Waals surface area contributed by atoms with Crippen molar-refractivity contribution in [1.82, 2.24) is 5.43 Å². The fourth-order valence-corrected chi connectivity index (χ4v) is 4.95. The zero-order valence-corrected chi connectivity index (χ0v) is 11.0. The van der Waals surface area contributed by atoms with Crippen LogP contribution in [0.3, 0.4) is 0 Å². The molecule has 1 aliphatic rings. The first-order valence-electron chi connectivity index (χ1n) is 5.53. The molecule has 0 amide bonds. The van der Waals surface area contributed by atoms with E-state index in [-0.39, 0.29) is 0 Å². The van der Waals surface area contributed by atoms with E-state index in [1.54, 1.807) is 6.26 Å².